The lowest BCUT2D eigenvalue weighted by molar-refractivity contribution is 0.309. The second-order valence-electron chi connectivity index (χ2n) is 6.47. The minimum absolute atomic E-state index is 0.155. The highest BCUT2D eigenvalue weighted by atomic mass is 19.1. The fraction of sp³-hybridized carbons (Fsp3) is 0.190. The molecule has 3 aromatic rings. The lowest BCUT2D eigenvalue weighted by atomic mass is 9.98. The number of pyridine rings is 1. The standard InChI is InChI=1S/C21H20FN5O2/c1-28-15-5-3-4-14(17(15)22)21-26-18(12-6-8-24-9-7-12)19(27-21)13-10-16(29-2)20(23)25-11-13/h3-10,13H,11H2,1-2H3,(H2,23,25)(H,26,27). The van der Waals surface area contributed by atoms with Gasteiger partial charge in [-0.3, -0.25) is 9.98 Å². The van der Waals surface area contributed by atoms with E-state index in [1.165, 1.54) is 7.11 Å². The summed E-state index contributed by atoms with van der Waals surface area (Å²) in [5, 5.41) is 0. The number of benzene rings is 1. The zero-order chi connectivity index (χ0) is 20.4. The van der Waals surface area contributed by atoms with Gasteiger partial charge in [-0.25, -0.2) is 9.37 Å². The van der Waals surface area contributed by atoms with Crippen molar-refractivity contribution in [2.45, 2.75) is 5.92 Å². The molecule has 0 aliphatic carbocycles. The number of imidazole rings is 1. The zero-order valence-corrected chi connectivity index (χ0v) is 16.0. The fourth-order valence-electron chi connectivity index (χ4n) is 3.31. The first-order chi connectivity index (χ1) is 14.1. The van der Waals surface area contributed by atoms with Gasteiger partial charge >= 0.3 is 0 Å². The molecule has 0 fully saturated rings. The highest BCUT2D eigenvalue weighted by Crippen LogP contribution is 2.35. The summed E-state index contributed by atoms with van der Waals surface area (Å²) in [5.74, 6) is 0.782. The van der Waals surface area contributed by atoms with Crippen LogP contribution in [-0.2, 0) is 4.74 Å². The third kappa shape index (κ3) is 3.44. The van der Waals surface area contributed by atoms with Crippen LogP contribution in [0.2, 0.25) is 0 Å². The Morgan fingerprint density at radius 1 is 1.14 bits per heavy atom. The first kappa shape index (κ1) is 18.7. The molecule has 1 atom stereocenters. The summed E-state index contributed by atoms with van der Waals surface area (Å²) in [4.78, 5) is 16.4. The predicted molar refractivity (Wildman–Crippen MR) is 108 cm³/mol. The number of nitrogens with two attached hydrogens (primary N) is 1. The van der Waals surface area contributed by atoms with Crippen LogP contribution in [0, 0.1) is 5.82 Å². The third-order valence-electron chi connectivity index (χ3n) is 4.78. The second-order valence-corrected chi connectivity index (χ2v) is 6.47. The summed E-state index contributed by atoms with van der Waals surface area (Å²) in [7, 11) is 2.98. The molecule has 0 bridgehead atoms. The lowest BCUT2D eigenvalue weighted by Gasteiger charge is -2.18. The second kappa shape index (κ2) is 7.75. The number of aromatic nitrogens is 3. The number of hydrogen-bond donors (Lipinski definition) is 2. The number of hydrogen-bond acceptors (Lipinski definition) is 6. The van der Waals surface area contributed by atoms with Gasteiger partial charge < -0.3 is 20.2 Å². The predicted octanol–water partition coefficient (Wildman–Crippen LogP) is 3.27. The van der Waals surface area contributed by atoms with Crippen molar-refractivity contribution >= 4 is 5.84 Å². The molecule has 2 aromatic heterocycles. The number of H-pyrrole nitrogens is 1. The first-order valence-electron chi connectivity index (χ1n) is 9.01. The summed E-state index contributed by atoms with van der Waals surface area (Å²) in [6, 6.07) is 8.66. The number of halogens is 1. The van der Waals surface area contributed by atoms with Gasteiger partial charge in [0.2, 0.25) is 0 Å². The number of rotatable bonds is 5. The van der Waals surface area contributed by atoms with Gasteiger partial charge in [0.05, 0.1) is 37.7 Å². The Hall–Kier alpha value is -3.68. The minimum Gasteiger partial charge on any atom is -0.494 e. The number of aliphatic imine (C=N–C) groups is 1. The summed E-state index contributed by atoms with van der Waals surface area (Å²) >= 11 is 0. The quantitative estimate of drug-likeness (QED) is 0.693. The van der Waals surface area contributed by atoms with Gasteiger partial charge in [0.1, 0.15) is 5.82 Å². The van der Waals surface area contributed by atoms with Crippen molar-refractivity contribution in [2.24, 2.45) is 10.7 Å². The van der Waals surface area contributed by atoms with Gasteiger partial charge in [0, 0.05) is 23.9 Å². The van der Waals surface area contributed by atoms with Crippen molar-refractivity contribution < 1.29 is 13.9 Å². The molecule has 0 saturated heterocycles. The number of dihydropyridines is 1. The Bertz CT molecular complexity index is 1090. The van der Waals surface area contributed by atoms with Crippen LogP contribution >= 0.6 is 0 Å². The van der Waals surface area contributed by atoms with Gasteiger partial charge in [-0.2, -0.15) is 0 Å². The SMILES string of the molecule is COC1=CC(c2[nH]c(-c3cccc(OC)c3F)nc2-c2ccncc2)CN=C1N. The van der Waals surface area contributed by atoms with Crippen molar-refractivity contribution in [3.05, 3.63) is 66.1 Å². The average molecular weight is 393 g/mol. The number of nitrogens with zero attached hydrogens (tertiary/aromatic N) is 3. The largest absolute Gasteiger partial charge is 0.494 e. The van der Waals surface area contributed by atoms with Gasteiger partial charge in [0.15, 0.2) is 23.2 Å². The Morgan fingerprint density at radius 3 is 2.66 bits per heavy atom. The van der Waals surface area contributed by atoms with E-state index >= 15 is 0 Å². The number of aromatic amines is 1. The molecule has 3 N–H and O–H groups in total. The molecular weight excluding hydrogens is 373 g/mol. The molecule has 1 unspecified atom stereocenters. The van der Waals surface area contributed by atoms with E-state index in [1.54, 1.807) is 37.7 Å². The average Bonchev–Trinajstić information content (AvgIpc) is 3.20. The minimum atomic E-state index is -0.476. The van der Waals surface area contributed by atoms with Gasteiger partial charge in [-0.05, 0) is 30.3 Å². The highest BCUT2D eigenvalue weighted by molar-refractivity contribution is 5.96. The Labute approximate surface area is 167 Å². The molecule has 4 rings (SSSR count). The summed E-state index contributed by atoms with van der Waals surface area (Å²) in [5.41, 5.74) is 8.55. The monoisotopic (exact) mass is 393 g/mol. The van der Waals surface area contributed by atoms with E-state index in [4.69, 9.17) is 20.2 Å². The highest BCUT2D eigenvalue weighted by Gasteiger charge is 2.25. The van der Waals surface area contributed by atoms with E-state index in [9.17, 15) is 4.39 Å². The number of nitrogens with one attached hydrogen (secondary N) is 1. The summed E-state index contributed by atoms with van der Waals surface area (Å²) in [6.07, 6.45) is 5.27. The molecule has 8 heteroatoms. The van der Waals surface area contributed by atoms with Crippen molar-refractivity contribution in [2.75, 3.05) is 20.8 Å². The fourth-order valence-corrected chi connectivity index (χ4v) is 3.31. The number of amidine groups is 1. The molecule has 0 radical (unpaired) electrons. The van der Waals surface area contributed by atoms with E-state index < -0.39 is 5.82 Å². The molecule has 29 heavy (non-hydrogen) atoms. The molecule has 1 aliphatic rings. The molecule has 1 aromatic carbocycles. The molecule has 7 nitrogen and oxygen atoms in total. The van der Waals surface area contributed by atoms with Crippen LogP contribution in [0.5, 0.6) is 5.75 Å². The van der Waals surface area contributed by atoms with Crippen molar-refractivity contribution in [3.8, 4) is 28.4 Å². The summed E-state index contributed by atoms with van der Waals surface area (Å²) < 4.78 is 25.3. The van der Waals surface area contributed by atoms with Gasteiger partial charge in [-0.1, -0.05) is 6.07 Å². The maximum atomic E-state index is 14.8. The van der Waals surface area contributed by atoms with Crippen LogP contribution in [0.15, 0.2) is 59.6 Å². The van der Waals surface area contributed by atoms with E-state index in [0.29, 0.717) is 35.2 Å². The van der Waals surface area contributed by atoms with E-state index in [0.717, 1.165) is 11.3 Å². The molecule has 148 valence electrons. The van der Waals surface area contributed by atoms with Crippen LogP contribution in [0.1, 0.15) is 11.6 Å². The Balaban J connectivity index is 1.86. The zero-order valence-electron chi connectivity index (χ0n) is 16.0. The topological polar surface area (TPSA) is 98.4 Å². The van der Waals surface area contributed by atoms with Crippen molar-refractivity contribution in [1.29, 1.82) is 0 Å². The van der Waals surface area contributed by atoms with E-state index in [1.807, 2.05) is 18.2 Å². The Morgan fingerprint density at radius 2 is 1.93 bits per heavy atom. The molecule has 1 aliphatic heterocycles. The van der Waals surface area contributed by atoms with E-state index in [-0.39, 0.29) is 11.7 Å². The van der Waals surface area contributed by atoms with Crippen LogP contribution in [0.3, 0.4) is 0 Å². The van der Waals surface area contributed by atoms with Crippen LogP contribution in [-0.4, -0.2) is 41.6 Å². The van der Waals surface area contributed by atoms with Crippen LogP contribution in [0.4, 0.5) is 4.39 Å². The smallest absolute Gasteiger partial charge is 0.175 e. The normalized spacial score (nSPS) is 16.2. The first-order valence-corrected chi connectivity index (χ1v) is 9.01. The molecule has 0 amide bonds. The third-order valence-corrected chi connectivity index (χ3v) is 4.78. The van der Waals surface area contributed by atoms with Crippen molar-refractivity contribution in [1.82, 2.24) is 15.0 Å². The molecule has 0 saturated carbocycles. The van der Waals surface area contributed by atoms with Crippen molar-refractivity contribution in [3.63, 3.8) is 0 Å². The number of ether oxygens (including phenoxy) is 2. The van der Waals surface area contributed by atoms with Gasteiger partial charge in [-0.15, -0.1) is 0 Å². The van der Waals surface area contributed by atoms with Gasteiger partial charge in [0.25, 0.3) is 0 Å². The number of methoxy groups -OCH3 is 2. The molecule has 0 spiro atoms. The lowest BCUT2D eigenvalue weighted by Crippen LogP contribution is -2.23. The molecular formula is C21H20FN5O2. The summed E-state index contributed by atoms with van der Waals surface area (Å²) in [6.45, 7) is 0.430. The van der Waals surface area contributed by atoms with Crippen LogP contribution in [0.25, 0.3) is 22.6 Å². The Kier molecular flexibility index (Phi) is 4.99. The van der Waals surface area contributed by atoms with E-state index in [2.05, 4.69) is 15.0 Å². The maximum absolute atomic E-state index is 14.8. The molecule has 3 heterocycles. The maximum Gasteiger partial charge on any atom is 0.175 e. The van der Waals surface area contributed by atoms with Crippen LogP contribution < -0.4 is 10.5 Å².